The van der Waals surface area contributed by atoms with Gasteiger partial charge < -0.3 is 9.64 Å². The maximum Gasteiger partial charge on any atom is 0.272 e. The fourth-order valence-electron chi connectivity index (χ4n) is 5.73. The summed E-state index contributed by atoms with van der Waals surface area (Å²) in [4.78, 5) is 18.6. The second-order valence-corrected chi connectivity index (χ2v) is 10.9. The molecule has 42 heavy (non-hydrogen) atoms. The van der Waals surface area contributed by atoms with Gasteiger partial charge in [0.15, 0.2) is 0 Å². The largest absolute Gasteiger partial charge is 0.497 e. The van der Waals surface area contributed by atoms with E-state index in [1.165, 1.54) is 22.3 Å². The van der Waals surface area contributed by atoms with Gasteiger partial charge in [-0.2, -0.15) is 5.10 Å². The van der Waals surface area contributed by atoms with Crippen molar-refractivity contribution < 1.29 is 9.53 Å². The van der Waals surface area contributed by atoms with E-state index in [2.05, 4.69) is 97.6 Å². The van der Waals surface area contributed by atoms with Gasteiger partial charge in [-0.15, -0.1) is 0 Å². The summed E-state index contributed by atoms with van der Waals surface area (Å²) in [6.07, 6.45) is 0. The van der Waals surface area contributed by atoms with Gasteiger partial charge in [0.2, 0.25) is 0 Å². The van der Waals surface area contributed by atoms with E-state index in [4.69, 9.17) is 9.84 Å². The molecule has 0 unspecified atom stereocenters. The molecule has 2 heterocycles. The highest BCUT2D eigenvalue weighted by molar-refractivity contribution is 5.94. The highest BCUT2D eigenvalue weighted by atomic mass is 16.5. The highest BCUT2D eigenvalue weighted by Gasteiger charge is 2.30. The first kappa shape index (κ1) is 27.5. The van der Waals surface area contributed by atoms with Crippen molar-refractivity contribution in [3.05, 3.63) is 137 Å². The van der Waals surface area contributed by atoms with Gasteiger partial charge >= 0.3 is 0 Å². The molecule has 0 bridgehead atoms. The van der Waals surface area contributed by atoms with E-state index in [9.17, 15) is 4.79 Å². The molecule has 0 atom stereocenters. The number of carbonyl (C=O) groups excluding carboxylic acids is 1. The second kappa shape index (κ2) is 12.0. The van der Waals surface area contributed by atoms with E-state index in [1.54, 1.807) is 11.8 Å². The lowest BCUT2D eigenvalue weighted by molar-refractivity contribution is 0.0588. The fourth-order valence-corrected chi connectivity index (χ4v) is 5.73. The van der Waals surface area contributed by atoms with Crippen LogP contribution in [-0.2, 0) is 0 Å². The predicted molar refractivity (Wildman–Crippen MR) is 167 cm³/mol. The van der Waals surface area contributed by atoms with Crippen molar-refractivity contribution in [3.63, 3.8) is 0 Å². The molecule has 6 rings (SSSR count). The van der Waals surface area contributed by atoms with Crippen LogP contribution in [0.2, 0.25) is 0 Å². The monoisotopic (exact) mass is 556 g/mol. The van der Waals surface area contributed by atoms with Crippen LogP contribution in [0.3, 0.4) is 0 Å². The third-order valence-electron chi connectivity index (χ3n) is 8.25. The molecule has 0 radical (unpaired) electrons. The number of carbonyl (C=O) groups is 1. The molecule has 6 heteroatoms. The second-order valence-electron chi connectivity index (χ2n) is 10.9. The number of benzene rings is 4. The third kappa shape index (κ3) is 5.58. The molecule has 6 nitrogen and oxygen atoms in total. The van der Waals surface area contributed by atoms with Crippen LogP contribution in [0, 0.1) is 13.8 Å². The normalized spacial score (nSPS) is 13.9. The summed E-state index contributed by atoms with van der Waals surface area (Å²) < 4.78 is 7.13. The molecule has 5 aromatic rings. The number of amides is 1. The van der Waals surface area contributed by atoms with Crippen LogP contribution in [-0.4, -0.2) is 58.8 Å². The summed E-state index contributed by atoms with van der Waals surface area (Å²) in [5.41, 5.74) is 8.11. The molecule has 1 aliphatic rings. The Morgan fingerprint density at radius 1 is 0.738 bits per heavy atom. The van der Waals surface area contributed by atoms with Crippen molar-refractivity contribution in [1.29, 1.82) is 0 Å². The minimum atomic E-state index is -0.0102. The summed E-state index contributed by atoms with van der Waals surface area (Å²) >= 11 is 0. The molecule has 0 spiro atoms. The van der Waals surface area contributed by atoms with E-state index in [-0.39, 0.29) is 11.9 Å². The number of aryl methyl sites for hydroxylation is 2. The standard InChI is InChI=1S/C36H36N4O2/c1-26-14-15-30(24-27(26)2)33-25-34(40(37-33)31-16-18-32(42-3)19-17-31)36(41)39-22-20-38(21-23-39)35(28-10-6-4-7-11-28)29-12-8-5-9-13-29/h4-19,24-25,35H,20-23H2,1-3H3. The Hall–Kier alpha value is -4.68. The first-order chi connectivity index (χ1) is 20.5. The van der Waals surface area contributed by atoms with E-state index < -0.39 is 0 Å². The van der Waals surface area contributed by atoms with Crippen molar-refractivity contribution in [2.24, 2.45) is 0 Å². The van der Waals surface area contributed by atoms with Crippen LogP contribution in [0.15, 0.2) is 109 Å². The predicted octanol–water partition coefficient (Wildman–Crippen LogP) is 6.71. The SMILES string of the molecule is COc1ccc(-n2nc(-c3ccc(C)c(C)c3)cc2C(=O)N2CCN(C(c3ccccc3)c3ccccc3)CC2)cc1. The number of aromatic nitrogens is 2. The lowest BCUT2D eigenvalue weighted by Gasteiger charge is -2.39. The molecule has 1 aliphatic heterocycles. The number of hydrogen-bond acceptors (Lipinski definition) is 4. The van der Waals surface area contributed by atoms with Gasteiger partial charge in [0, 0.05) is 31.7 Å². The summed E-state index contributed by atoms with van der Waals surface area (Å²) in [6, 6.07) is 37.3. The van der Waals surface area contributed by atoms with Crippen molar-refractivity contribution in [2.75, 3.05) is 33.3 Å². The zero-order chi connectivity index (χ0) is 29.1. The molecule has 1 fully saturated rings. The molecule has 1 saturated heterocycles. The molecule has 4 aromatic carbocycles. The smallest absolute Gasteiger partial charge is 0.272 e. The van der Waals surface area contributed by atoms with Gasteiger partial charge in [0.05, 0.1) is 24.5 Å². The van der Waals surface area contributed by atoms with E-state index >= 15 is 0 Å². The molecule has 212 valence electrons. The van der Waals surface area contributed by atoms with Crippen LogP contribution >= 0.6 is 0 Å². The van der Waals surface area contributed by atoms with Crippen molar-refractivity contribution in [1.82, 2.24) is 19.6 Å². The van der Waals surface area contributed by atoms with Gasteiger partial charge in [-0.1, -0.05) is 72.8 Å². The summed E-state index contributed by atoms with van der Waals surface area (Å²) in [6.45, 7) is 7.04. The Kier molecular flexibility index (Phi) is 7.89. The van der Waals surface area contributed by atoms with Crippen LogP contribution in [0.5, 0.6) is 5.75 Å². The average molecular weight is 557 g/mol. The summed E-state index contributed by atoms with van der Waals surface area (Å²) in [5.74, 6) is 0.750. The number of piperazine rings is 1. The van der Waals surface area contributed by atoms with Gasteiger partial charge in [0.25, 0.3) is 5.91 Å². The van der Waals surface area contributed by atoms with Crippen molar-refractivity contribution >= 4 is 5.91 Å². The maximum absolute atomic E-state index is 14.1. The Morgan fingerprint density at radius 3 is 1.93 bits per heavy atom. The molecule has 1 amide bonds. The van der Waals surface area contributed by atoms with E-state index in [0.717, 1.165) is 35.8 Å². The lowest BCUT2D eigenvalue weighted by atomic mass is 9.96. The molecule has 0 saturated carbocycles. The minimum absolute atomic E-state index is 0.0102. The molecular formula is C36H36N4O2. The quantitative estimate of drug-likeness (QED) is 0.224. The zero-order valence-electron chi connectivity index (χ0n) is 24.4. The number of hydrogen-bond donors (Lipinski definition) is 0. The molecule has 1 aromatic heterocycles. The van der Waals surface area contributed by atoms with Crippen LogP contribution in [0.1, 0.15) is 38.8 Å². The number of rotatable bonds is 7. The van der Waals surface area contributed by atoms with Gasteiger partial charge in [0.1, 0.15) is 11.4 Å². The Labute approximate surface area is 247 Å². The Balaban J connectivity index is 1.28. The summed E-state index contributed by atoms with van der Waals surface area (Å²) in [5, 5.41) is 4.93. The van der Waals surface area contributed by atoms with Gasteiger partial charge in [-0.25, -0.2) is 4.68 Å². The molecule has 0 aliphatic carbocycles. The van der Waals surface area contributed by atoms with E-state index in [1.807, 2.05) is 35.2 Å². The van der Waals surface area contributed by atoms with E-state index in [0.29, 0.717) is 18.8 Å². The Bertz CT molecular complexity index is 1610. The average Bonchev–Trinajstić information content (AvgIpc) is 3.49. The van der Waals surface area contributed by atoms with Crippen molar-refractivity contribution in [3.8, 4) is 22.7 Å². The Morgan fingerprint density at radius 2 is 1.36 bits per heavy atom. The summed E-state index contributed by atoms with van der Waals surface area (Å²) in [7, 11) is 1.65. The lowest BCUT2D eigenvalue weighted by Crippen LogP contribution is -2.50. The number of methoxy groups -OCH3 is 1. The maximum atomic E-state index is 14.1. The van der Waals surface area contributed by atoms with Crippen LogP contribution in [0.25, 0.3) is 16.9 Å². The molecule has 0 N–H and O–H groups in total. The first-order valence-corrected chi connectivity index (χ1v) is 14.5. The zero-order valence-corrected chi connectivity index (χ0v) is 24.4. The van der Waals surface area contributed by atoms with Crippen LogP contribution in [0.4, 0.5) is 0 Å². The van der Waals surface area contributed by atoms with Crippen molar-refractivity contribution in [2.45, 2.75) is 19.9 Å². The highest BCUT2D eigenvalue weighted by Crippen LogP contribution is 2.30. The van der Waals surface area contributed by atoms with Crippen LogP contribution < -0.4 is 4.74 Å². The third-order valence-corrected chi connectivity index (χ3v) is 8.25. The van der Waals surface area contributed by atoms with Gasteiger partial charge in [-0.05, 0) is 72.5 Å². The fraction of sp³-hybridized carbons (Fsp3) is 0.222. The number of nitrogens with zero attached hydrogens (tertiary/aromatic N) is 4. The topological polar surface area (TPSA) is 50.6 Å². The molecular weight excluding hydrogens is 520 g/mol. The minimum Gasteiger partial charge on any atom is -0.497 e. The number of ether oxygens (including phenoxy) is 1. The first-order valence-electron chi connectivity index (χ1n) is 14.5. The van der Waals surface area contributed by atoms with Gasteiger partial charge in [-0.3, -0.25) is 9.69 Å².